The molecule has 2 heterocycles. The van der Waals surface area contributed by atoms with Gasteiger partial charge in [-0.3, -0.25) is 15.5 Å². The zero-order valence-electron chi connectivity index (χ0n) is 15.6. The van der Waals surface area contributed by atoms with Crippen molar-refractivity contribution in [2.75, 3.05) is 25.1 Å². The number of para-hydroxylation sites is 1. The summed E-state index contributed by atoms with van der Waals surface area (Å²) in [7, 11) is -3.74. The van der Waals surface area contributed by atoms with E-state index in [2.05, 4.69) is 10.5 Å². The number of hydrogen-bond donors (Lipinski definition) is 1. The van der Waals surface area contributed by atoms with Crippen LogP contribution in [0.3, 0.4) is 0 Å². The Balaban J connectivity index is 1.64. The van der Waals surface area contributed by atoms with Gasteiger partial charge in [0.25, 0.3) is 5.69 Å². The van der Waals surface area contributed by atoms with Gasteiger partial charge in [-0.1, -0.05) is 12.1 Å². The number of nitro groups is 1. The van der Waals surface area contributed by atoms with Crippen LogP contribution < -0.4 is 10.2 Å². The van der Waals surface area contributed by atoms with E-state index in [1.807, 2.05) is 24.3 Å². The highest BCUT2D eigenvalue weighted by Gasteiger charge is 2.29. The first-order chi connectivity index (χ1) is 14.0. The van der Waals surface area contributed by atoms with Crippen molar-refractivity contribution >= 4 is 27.1 Å². The summed E-state index contributed by atoms with van der Waals surface area (Å²) in [5.74, 6) is 0.709. The van der Waals surface area contributed by atoms with Gasteiger partial charge in [-0.2, -0.15) is 9.41 Å². The third kappa shape index (κ3) is 3.81. The van der Waals surface area contributed by atoms with Crippen LogP contribution in [0, 0.1) is 10.1 Å². The topological polar surface area (TPSA) is 114 Å². The van der Waals surface area contributed by atoms with Crippen molar-refractivity contribution in [2.45, 2.75) is 24.2 Å². The van der Waals surface area contributed by atoms with E-state index >= 15 is 0 Å². The van der Waals surface area contributed by atoms with Gasteiger partial charge in [0.2, 0.25) is 10.0 Å². The summed E-state index contributed by atoms with van der Waals surface area (Å²) < 4.78 is 32.3. The maximum atomic E-state index is 12.7. The van der Waals surface area contributed by atoms with Gasteiger partial charge in [-0.05, 0) is 37.1 Å². The lowest BCUT2D eigenvalue weighted by molar-refractivity contribution is -0.384. The summed E-state index contributed by atoms with van der Waals surface area (Å²) in [4.78, 5) is 10.9. The number of ether oxygens (including phenoxy) is 1. The van der Waals surface area contributed by atoms with E-state index in [1.165, 1.54) is 16.4 Å². The summed E-state index contributed by atoms with van der Waals surface area (Å²) in [6, 6.07) is 11.3. The van der Waals surface area contributed by atoms with E-state index in [4.69, 9.17) is 4.74 Å². The van der Waals surface area contributed by atoms with Gasteiger partial charge in [-0.15, -0.1) is 0 Å². The lowest BCUT2D eigenvalue weighted by Crippen LogP contribution is -2.27. The number of anilines is 1. The molecule has 0 spiro atoms. The van der Waals surface area contributed by atoms with Gasteiger partial charge in [0.1, 0.15) is 11.4 Å². The molecule has 4 rings (SSSR count). The molecule has 0 radical (unpaired) electrons. The molecule has 0 saturated carbocycles. The van der Waals surface area contributed by atoms with Gasteiger partial charge in [0, 0.05) is 31.1 Å². The molecule has 0 aromatic heterocycles. The van der Waals surface area contributed by atoms with Crippen LogP contribution in [0.2, 0.25) is 0 Å². The summed E-state index contributed by atoms with van der Waals surface area (Å²) in [6.45, 7) is 1.34. The molecular weight excluding hydrogens is 396 g/mol. The van der Waals surface area contributed by atoms with E-state index in [0.29, 0.717) is 31.9 Å². The normalized spacial score (nSPS) is 18.3. The van der Waals surface area contributed by atoms with Crippen LogP contribution in [0.25, 0.3) is 0 Å². The Bertz CT molecular complexity index is 1080. The lowest BCUT2D eigenvalue weighted by Gasteiger charge is -2.19. The Morgan fingerprint density at radius 2 is 1.90 bits per heavy atom. The van der Waals surface area contributed by atoms with Gasteiger partial charge in [-0.25, -0.2) is 8.42 Å². The van der Waals surface area contributed by atoms with E-state index in [-0.39, 0.29) is 16.3 Å². The van der Waals surface area contributed by atoms with E-state index in [9.17, 15) is 18.5 Å². The minimum Gasteiger partial charge on any atom is -0.492 e. The number of nitrogens with one attached hydrogen (secondary N) is 1. The van der Waals surface area contributed by atoms with Crippen molar-refractivity contribution in [3.8, 4) is 5.75 Å². The number of fused-ring (bicyclic) bond motifs is 1. The lowest BCUT2D eigenvalue weighted by atomic mass is 10.0. The first-order valence-electron chi connectivity index (χ1n) is 9.30. The van der Waals surface area contributed by atoms with Gasteiger partial charge in [0.15, 0.2) is 0 Å². The number of nitrogens with zero attached hydrogens (tertiary/aromatic N) is 3. The second kappa shape index (κ2) is 7.80. The smallest absolute Gasteiger partial charge is 0.295 e. The largest absolute Gasteiger partial charge is 0.492 e. The van der Waals surface area contributed by atoms with Crippen molar-refractivity contribution in [1.82, 2.24) is 4.31 Å². The van der Waals surface area contributed by atoms with Crippen molar-refractivity contribution in [1.29, 1.82) is 0 Å². The van der Waals surface area contributed by atoms with Crippen LogP contribution in [-0.4, -0.2) is 43.1 Å². The van der Waals surface area contributed by atoms with Crippen molar-refractivity contribution in [2.24, 2.45) is 5.10 Å². The fourth-order valence-corrected chi connectivity index (χ4v) is 5.00. The third-order valence-corrected chi connectivity index (χ3v) is 6.87. The molecule has 1 N–H and O–H groups in total. The predicted molar refractivity (Wildman–Crippen MR) is 108 cm³/mol. The molecule has 152 valence electrons. The SMILES string of the molecule is O=[N+]([O-])c1cc(S(=O)(=O)N2CCCC2)ccc1NN=C1CCOc2ccccc21. The number of hydrazone groups is 1. The summed E-state index contributed by atoms with van der Waals surface area (Å²) in [5, 5.41) is 15.9. The highest BCUT2D eigenvalue weighted by molar-refractivity contribution is 7.89. The Morgan fingerprint density at radius 1 is 1.14 bits per heavy atom. The second-order valence-corrected chi connectivity index (χ2v) is 8.75. The van der Waals surface area contributed by atoms with Gasteiger partial charge < -0.3 is 4.74 Å². The average molecular weight is 416 g/mol. The highest BCUT2D eigenvalue weighted by atomic mass is 32.2. The fourth-order valence-electron chi connectivity index (χ4n) is 3.46. The summed E-state index contributed by atoms with van der Waals surface area (Å²) in [6.07, 6.45) is 2.15. The minimum absolute atomic E-state index is 0.0827. The van der Waals surface area contributed by atoms with E-state index in [1.54, 1.807) is 0 Å². The number of hydrogen-bond acceptors (Lipinski definition) is 7. The molecule has 1 fully saturated rings. The average Bonchev–Trinajstić information content (AvgIpc) is 3.28. The third-order valence-electron chi connectivity index (χ3n) is 4.97. The maximum absolute atomic E-state index is 12.7. The zero-order chi connectivity index (χ0) is 20.4. The zero-order valence-corrected chi connectivity index (χ0v) is 16.4. The van der Waals surface area contributed by atoms with Crippen LogP contribution in [-0.2, 0) is 10.0 Å². The number of benzene rings is 2. The van der Waals surface area contributed by atoms with Gasteiger partial charge >= 0.3 is 0 Å². The minimum atomic E-state index is -3.74. The number of nitro benzene ring substituents is 1. The number of rotatable bonds is 5. The quantitative estimate of drug-likeness (QED) is 0.592. The Hall–Kier alpha value is -2.98. The van der Waals surface area contributed by atoms with Crippen molar-refractivity contribution in [3.05, 3.63) is 58.1 Å². The molecule has 2 aromatic rings. The van der Waals surface area contributed by atoms with E-state index < -0.39 is 14.9 Å². The van der Waals surface area contributed by atoms with Crippen LogP contribution in [0.5, 0.6) is 5.75 Å². The van der Waals surface area contributed by atoms with Gasteiger partial charge in [0.05, 0.1) is 22.1 Å². The first kappa shape index (κ1) is 19.3. The molecule has 2 aromatic carbocycles. The van der Waals surface area contributed by atoms with Crippen LogP contribution in [0.15, 0.2) is 52.5 Å². The summed E-state index contributed by atoms with van der Waals surface area (Å²) in [5.41, 5.74) is 4.07. The van der Waals surface area contributed by atoms with Crippen LogP contribution in [0.4, 0.5) is 11.4 Å². The molecule has 1 saturated heterocycles. The van der Waals surface area contributed by atoms with E-state index in [0.717, 1.165) is 30.2 Å². The molecule has 10 heteroatoms. The Kier molecular flexibility index (Phi) is 5.20. The fraction of sp³-hybridized carbons (Fsp3) is 0.316. The number of sulfonamides is 1. The molecule has 0 aliphatic carbocycles. The highest BCUT2D eigenvalue weighted by Crippen LogP contribution is 2.31. The molecule has 2 aliphatic heterocycles. The maximum Gasteiger partial charge on any atom is 0.295 e. The van der Waals surface area contributed by atoms with Crippen LogP contribution in [0.1, 0.15) is 24.8 Å². The Morgan fingerprint density at radius 3 is 2.66 bits per heavy atom. The molecular formula is C19H20N4O5S. The molecule has 0 amide bonds. The second-order valence-electron chi connectivity index (χ2n) is 6.81. The first-order valence-corrected chi connectivity index (χ1v) is 10.7. The molecule has 9 nitrogen and oxygen atoms in total. The Labute approximate surface area is 168 Å². The molecule has 0 atom stereocenters. The molecule has 29 heavy (non-hydrogen) atoms. The molecule has 0 bridgehead atoms. The summed E-state index contributed by atoms with van der Waals surface area (Å²) >= 11 is 0. The van der Waals surface area contributed by atoms with Crippen LogP contribution >= 0.6 is 0 Å². The van der Waals surface area contributed by atoms with Crippen molar-refractivity contribution < 1.29 is 18.1 Å². The molecule has 0 unspecified atom stereocenters. The predicted octanol–water partition coefficient (Wildman–Crippen LogP) is 2.98. The van der Waals surface area contributed by atoms with Crippen molar-refractivity contribution in [3.63, 3.8) is 0 Å². The molecule has 2 aliphatic rings. The standard InChI is InChI=1S/C19H20N4O5S/c24-23(25)18-13-14(29(26,27)22-10-3-4-11-22)7-8-17(18)21-20-16-9-12-28-19-6-2-1-5-15(16)19/h1-2,5-8,13,21H,3-4,9-12H2. The monoisotopic (exact) mass is 416 g/mol.